The van der Waals surface area contributed by atoms with E-state index >= 15 is 0 Å². The van der Waals surface area contributed by atoms with Gasteiger partial charge in [-0.3, -0.25) is 4.79 Å². The largest absolute Gasteiger partial charge is 0.390 e. The van der Waals surface area contributed by atoms with Crippen molar-refractivity contribution < 1.29 is 23.8 Å². The summed E-state index contributed by atoms with van der Waals surface area (Å²) in [5.41, 5.74) is -0.368. The molecule has 1 aliphatic rings. The standard InChI is InChI=1S/C21H23ClF2N2O3/c22-16-3-1-14(2-4-16)9-20(28)26-6-5-19(27)21(29,13-26)12-25-11-15-7-17(23)10-18(24)8-15/h1-4,7-8,10,19,25,27,29H,5-6,9,11-13H2/t19-,21+/m0/s1. The Kier molecular flexibility index (Phi) is 6.85. The number of hydrogen-bond acceptors (Lipinski definition) is 4. The molecular weight excluding hydrogens is 402 g/mol. The molecule has 1 heterocycles. The summed E-state index contributed by atoms with van der Waals surface area (Å²) in [6.45, 7) is 0.384. The third-order valence-electron chi connectivity index (χ3n) is 5.06. The molecule has 2 aromatic rings. The van der Waals surface area contributed by atoms with Gasteiger partial charge in [-0.15, -0.1) is 0 Å². The van der Waals surface area contributed by atoms with Crippen LogP contribution in [0.15, 0.2) is 42.5 Å². The number of piperidine rings is 1. The molecule has 3 rings (SSSR count). The smallest absolute Gasteiger partial charge is 0.227 e. The van der Waals surface area contributed by atoms with Gasteiger partial charge in [-0.1, -0.05) is 23.7 Å². The maximum Gasteiger partial charge on any atom is 0.227 e. The Hall–Kier alpha value is -2.06. The topological polar surface area (TPSA) is 72.8 Å². The van der Waals surface area contributed by atoms with Crippen molar-refractivity contribution in [1.29, 1.82) is 0 Å². The van der Waals surface area contributed by atoms with Gasteiger partial charge in [0.15, 0.2) is 0 Å². The van der Waals surface area contributed by atoms with Crippen molar-refractivity contribution in [3.63, 3.8) is 0 Å². The Labute approximate surface area is 172 Å². The van der Waals surface area contributed by atoms with Gasteiger partial charge in [-0.2, -0.15) is 0 Å². The summed E-state index contributed by atoms with van der Waals surface area (Å²) >= 11 is 5.86. The van der Waals surface area contributed by atoms with E-state index < -0.39 is 23.3 Å². The third kappa shape index (κ3) is 5.73. The number of aliphatic hydroxyl groups excluding tert-OH is 1. The number of benzene rings is 2. The lowest BCUT2D eigenvalue weighted by atomic mass is 9.89. The quantitative estimate of drug-likeness (QED) is 0.665. The molecule has 156 valence electrons. The number of carbonyl (C=O) groups is 1. The number of hydrogen-bond donors (Lipinski definition) is 3. The van der Waals surface area contributed by atoms with E-state index in [1.54, 1.807) is 24.3 Å². The number of β-amino-alcohol motifs (C(OH)–C–C–N with tert-alkyl or cyclic N) is 1. The van der Waals surface area contributed by atoms with Crippen LogP contribution < -0.4 is 5.32 Å². The van der Waals surface area contributed by atoms with Gasteiger partial charge in [-0.05, 0) is 41.8 Å². The second kappa shape index (κ2) is 9.17. The molecule has 1 fully saturated rings. The van der Waals surface area contributed by atoms with Gasteiger partial charge in [0, 0.05) is 30.7 Å². The first-order chi connectivity index (χ1) is 13.7. The van der Waals surface area contributed by atoms with Crippen molar-refractivity contribution >= 4 is 17.5 Å². The number of nitrogens with zero attached hydrogens (tertiary/aromatic N) is 1. The van der Waals surface area contributed by atoms with Crippen molar-refractivity contribution in [1.82, 2.24) is 10.2 Å². The van der Waals surface area contributed by atoms with E-state index in [-0.39, 0.29) is 38.4 Å². The number of amides is 1. The zero-order valence-corrected chi connectivity index (χ0v) is 16.5. The van der Waals surface area contributed by atoms with Crippen molar-refractivity contribution in [2.24, 2.45) is 0 Å². The van der Waals surface area contributed by atoms with Crippen LogP contribution in [-0.2, 0) is 17.8 Å². The van der Waals surface area contributed by atoms with Gasteiger partial charge >= 0.3 is 0 Å². The van der Waals surface area contributed by atoms with Crippen LogP contribution in [0.2, 0.25) is 5.02 Å². The Morgan fingerprint density at radius 1 is 1.17 bits per heavy atom. The van der Waals surface area contributed by atoms with E-state index in [1.807, 2.05) is 0 Å². The number of likely N-dealkylation sites (tertiary alicyclic amines) is 1. The summed E-state index contributed by atoms with van der Waals surface area (Å²) in [6.07, 6.45) is -0.614. The van der Waals surface area contributed by atoms with Crippen LogP contribution in [0.5, 0.6) is 0 Å². The predicted octanol–water partition coefficient (Wildman–Crippen LogP) is 2.27. The van der Waals surface area contributed by atoms with Crippen molar-refractivity contribution in [2.75, 3.05) is 19.6 Å². The zero-order valence-electron chi connectivity index (χ0n) is 15.7. The highest BCUT2D eigenvalue weighted by atomic mass is 35.5. The SMILES string of the molecule is O=C(Cc1ccc(Cl)cc1)N1CC[C@H](O)[C@@](O)(CNCc2cc(F)cc(F)c2)C1. The fraction of sp³-hybridized carbons (Fsp3) is 0.381. The van der Waals surface area contributed by atoms with E-state index in [0.29, 0.717) is 17.1 Å². The van der Waals surface area contributed by atoms with Crippen LogP contribution in [-0.4, -0.2) is 52.4 Å². The first kappa shape index (κ1) is 21.6. The number of halogens is 3. The van der Waals surface area contributed by atoms with Gasteiger partial charge < -0.3 is 20.4 Å². The molecule has 0 aromatic heterocycles. The number of aliphatic hydroxyl groups is 2. The van der Waals surface area contributed by atoms with E-state index in [0.717, 1.165) is 11.6 Å². The molecule has 2 aromatic carbocycles. The van der Waals surface area contributed by atoms with Crippen LogP contribution >= 0.6 is 11.6 Å². The highest BCUT2D eigenvalue weighted by molar-refractivity contribution is 6.30. The lowest BCUT2D eigenvalue weighted by molar-refractivity contribution is -0.150. The summed E-state index contributed by atoms with van der Waals surface area (Å²) in [5, 5.41) is 24.6. The van der Waals surface area contributed by atoms with Crippen molar-refractivity contribution in [2.45, 2.75) is 31.1 Å². The zero-order chi connectivity index (χ0) is 21.0. The minimum absolute atomic E-state index is 0.0307. The molecule has 0 unspecified atom stereocenters. The Balaban J connectivity index is 1.58. The van der Waals surface area contributed by atoms with Crippen LogP contribution in [0.1, 0.15) is 17.5 Å². The van der Waals surface area contributed by atoms with Crippen molar-refractivity contribution in [3.05, 3.63) is 70.2 Å². The fourth-order valence-corrected chi connectivity index (χ4v) is 3.60. The highest BCUT2D eigenvalue weighted by Gasteiger charge is 2.42. The lowest BCUT2D eigenvalue weighted by Crippen LogP contribution is -2.62. The molecule has 8 heteroatoms. The minimum Gasteiger partial charge on any atom is -0.390 e. The van der Waals surface area contributed by atoms with Gasteiger partial charge in [0.2, 0.25) is 5.91 Å². The molecule has 1 saturated heterocycles. The van der Waals surface area contributed by atoms with Crippen LogP contribution in [0.3, 0.4) is 0 Å². The first-order valence-corrected chi connectivity index (χ1v) is 9.71. The summed E-state index contributed by atoms with van der Waals surface area (Å²) < 4.78 is 26.6. The second-order valence-electron chi connectivity index (χ2n) is 7.41. The Bertz CT molecular complexity index is 845. The predicted molar refractivity (Wildman–Crippen MR) is 105 cm³/mol. The highest BCUT2D eigenvalue weighted by Crippen LogP contribution is 2.23. The summed E-state index contributed by atoms with van der Waals surface area (Å²) in [7, 11) is 0. The number of rotatable bonds is 6. The van der Waals surface area contributed by atoms with E-state index in [1.165, 1.54) is 17.0 Å². The second-order valence-corrected chi connectivity index (χ2v) is 7.84. The monoisotopic (exact) mass is 424 g/mol. The van der Waals surface area contributed by atoms with Gasteiger partial charge in [0.1, 0.15) is 17.2 Å². The minimum atomic E-state index is -1.56. The summed E-state index contributed by atoms with van der Waals surface area (Å²) in [5.74, 6) is -1.53. The van der Waals surface area contributed by atoms with E-state index in [4.69, 9.17) is 11.6 Å². The fourth-order valence-electron chi connectivity index (χ4n) is 3.47. The molecule has 2 atom stereocenters. The average Bonchev–Trinajstić information content (AvgIpc) is 2.65. The summed E-state index contributed by atoms with van der Waals surface area (Å²) in [6, 6.07) is 10.1. The third-order valence-corrected chi connectivity index (χ3v) is 5.31. The molecule has 0 saturated carbocycles. The summed E-state index contributed by atoms with van der Waals surface area (Å²) in [4.78, 5) is 14.1. The number of nitrogens with one attached hydrogen (secondary N) is 1. The molecule has 29 heavy (non-hydrogen) atoms. The molecule has 0 aliphatic carbocycles. The van der Waals surface area contributed by atoms with Crippen molar-refractivity contribution in [3.8, 4) is 0 Å². The van der Waals surface area contributed by atoms with Crippen LogP contribution in [0, 0.1) is 11.6 Å². The molecule has 1 amide bonds. The Morgan fingerprint density at radius 3 is 2.48 bits per heavy atom. The van der Waals surface area contributed by atoms with Gasteiger partial charge in [0.05, 0.1) is 19.1 Å². The molecule has 3 N–H and O–H groups in total. The molecular formula is C21H23ClF2N2O3. The van der Waals surface area contributed by atoms with Crippen LogP contribution in [0.25, 0.3) is 0 Å². The Morgan fingerprint density at radius 2 is 1.83 bits per heavy atom. The molecule has 0 bridgehead atoms. The molecule has 0 spiro atoms. The maximum absolute atomic E-state index is 13.3. The molecule has 1 aliphatic heterocycles. The first-order valence-electron chi connectivity index (χ1n) is 9.33. The van der Waals surface area contributed by atoms with E-state index in [2.05, 4.69) is 5.32 Å². The van der Waals surface area contributed by atoms with Gasteiger partial charge in [0.25, 0.3) is 0 Å². The normalized spacial score (nSPS) is 22.0. The number of carbonyl (C=O) groups excluding carboxylic acids is 1. The maximum atomic E-state index is 13.3. The molecule has 5 nitrogen and oxygen atoms in total. The van der Waals surface area contributed by atoms with E-state index in [9.17, 15) is 23.8 Å². The molecule has 0 radical (unpaired) electrons. The van der Waals surface area contributed by atoms with Crippen LogP contribution in [0.4, 0.5) is 8.78 Å². The van der Waals surface area contributed by atoms with Gasteiger partial charge in [-0.25, -0.2) is 8.78 Å². The average molecular weight is 425 g/mol. The lowest BCUT2D eigenvalue weighted by Gasteiger charge is -2.43.